The molecule has 1 aromatic carbocycles. The molecule has 1 saturated carbocycles. The van der Waals surface area contributed by atoms with E-state index in [-0.39, 0.29) is 37.2 Å². The number of aromatic nitrogens is 3. The van der Waals surface area contributed by atoms with Gasteiger partial charge in [-0.2, -0.15) is 0 Å². The Bertz CT molecular complexity index is 922. The highest BCUT2D eigenvalue weighted by atomic mass is 35.5. The van der Waals surface area contributed by atoms with Crippen molar-refractivity contribution in [2.75, 3.05) is 0 Å². The van der Waals surface area contributed by atoms with Crippen LogP contribution in [0, 0.1) is 0 Å². The van der Waals surface area contributed by atoms with Gasteiger partial charge in [-0.25, -0.2) is 4.98 Å². The minimum atomic E-state index is 0. The zero-order chi connectivity index (χ0) is 18.9. The molecule has 1 fully saturated rings. The molecule has 170 valence electrons. The predicted molar refractivity (Wildman–Crippen MR) is 134 cm³/mol. The Morgan fingerprint density at radius 3 is 2.52 bits per heavy atom. The number of hydrogen-bond acceptors (Lipinski definition) is 4. The Hall–Kier alpha value is -1.37. The molecule has 5 nitrogen and oxygen atoms in total. The number of nitrogens with two attached hydrogens (primary N) is 1. The fourth-order valence-electron chi connectivity index (χ4n) is 5.09. The van der Waals surface area contributed by atoms with Crippen molar-refractivity contribution < 1.29 is 0 Å². The summed E-state index contributed by atoms with van der Waals surface area (Å²) in [6, 6.07) is 13.9. The number of H-pyrrole nitrogens is 1. The standard InChI is InChI=1S/C23H29N5.3ClH/c24-17-10-12-18(13-11-17)28(15-22-26-19-7-1-2-8-20(19)27-22)21-9-3-5-16-6-4-14-25-23(16)21;;;/h1-2,4,6-8,14,17-18,21H,3,5,9-13,15,24H2,(H,26,27);3*1H/t17?,18?,21-;;;/m0.../s1. The average molecular weight is 485 g/mol. The van der Waals surface area contributed by atoms with Gasteiger partial charge < -0.3 is 10.7 Å². The number of pyridine rings is 1. The van der Waals surface area contributed by atoms with Gasteiger partial charge in [0.15, 0.2) is 0 Å². The summed E-state index contributed by atoms with van der Waals surface area (Å²) in [5.41, 5.74) is 11.1. The molecule has 0 radical (unpaired) electrons. The summed E-state index contributed by atoms with van der Waals surface area (Å²) in [6.45, 7) is 0.843. The molecule has 0 unspecified atom stereocenters. The van der Waals surface area contributed by atoms with Crippen molar-refractivity contribution in [3.05, 3.63) is 59.7 Å². The van der Waals surface area contributed by atoms with Gasteiger partial charge >= 0.3 is 0 Å². The number of para-hydroxylation sites is 2. The van der Waals surface area contributed by atoms with Crippen LogP contribution in [0.3, 0.4) is 0 Å². The number of hydrogen-bond donors (Lipinski definition) is 2. The van der Waals surface area contributed by atoms with Gasteiger partial charge in [0.05, 0.1) is 29.3 Å². The molecule has 2 aliphatic carbocycles. The second-order valence-corrected chi connectivity index (χ2v) is 8.40. The third-order valence-electron chi connectivity index (χ3n) is 6.55. The summed E-state index contributed by atoms with van der Waals surface area (Å²) in [5.74, 6) is 1.05. The number of imidazole rings is 1. The van der Waals surface area contributed by atoms with Gasteiger partial charge in [-0.05, 0) is 68.7 Å². The van der Waals surface area contributed by atoms with Crippen molar-refractivity contribution in [3.8, 4) is 0 Å². The Labute approximate surface area is 202 Å². The number of rotatable bonds is 4. The zero-order valence-corrected chi connectivity index (χ0v) is 20.0. The van der Waals surface area contributed by atoms with Gasteiger partial charge in [-0.1, -0.05) is 18.2 Å². The molecule has 0 spiro atoms. The van der Waals surface area contributed by atoms with E-state index in [1.165, 1.54) is 36.9 Å². The van der Waals surface area contributed by atoms with E-state index in [0.29, 0.717) is 18.1 Å². The summed E-state index contributed by atoms with van der Waals surface area (Å²) < 4.78 is 0. The summed E-state index contributed by atoms with van der Waals surface area (Å²) in [6.07, 6.45) is 10.1. The number of fused-ring (bicyclic) bond motifs is 2. The summed E-state index contributed by atoms with van der Waals surface area (Å²) >= 11 is 0. The second kappa shape index (κ2) is 11.5. The Balaban J connectivity index is 0.00000114. The van der Waals surface area contributed by atoms with Gasteiger partial charge in [0.25, 0.3) is 0 Å². The van der Waals surface area contributed by atoms with E-state index in [4.69, 9.17) is 15.7 Å². The molecule has 1 atom stereocenters. The molecule has 2 aromatic heterocycles. The molecule has 31 heavy (non-hydrogen) atoms. The first-order valence-corrected chi connectivity index (χ1v) is 10.7. The predicted octanol–water partition coefficient (Wildman–Crippen LogP) is 5.37. The number of halogens is 3. The van der Waals surface area contributed by atoms with Crippen LogP contribution in [0.2, 0.25) is 0 Å². The highest BCUT2D eigenvalue weighted by Gasteiger charge is 2.34. The van der Waals surface area contributed by atoms with Crippen molar-refractivity contribution >= 4 is 48.3 Å². The van der Waals surface area contributed by atoms with Crippen LogP contribution in [0.4, 0.5) is 0 Å². The molecule has 0 aliphatic heterocycles. The van der Waals surface area contributed by atoms with Crippen LogP contribution >= 0.6 is 37.2 Å². The third kappa shape index (κ3) is 5.52. The number of nitrogens with one attached hydrogen (secondary N) is 1. The minimum absolute atomic E-state index is 0. The van der Waals surface area contributed by atoms with Crippen molar-refractivity contribution in [2.24, 2.45) is 5.73 Å². The lowest BCUT2D eigenvalue weighted by atomic mass is 9.86. The first-order chi connectivity index (χ1) is 13.8. The number of aromatic amines is 1. The average Bonchev–Trinajstić information content (AvgIpc) is 3.15. The van der Waals surface area contributed by atoms with Gasteiger partial charge in [0.1, 0.15) is 5.82 Å². The Morgan fingerprint density at radius 2 is 1.74 bits per heavy atom. The van der Waals surface area contributed by atoms with Crippen LogP contribution < -0.4 is 5.73 Å². The number of benzene rings is 1. The van der Waals surface area contributed by atoms with E-state index < -0.39 is 0 Å². The molecule has 0 saturated heterocycles. The highest BCUT2D eigenvalue weighted by molar-refractivity contribution is 5.86. The largest absolute Gasteiger partial charge is 0.341 e. The maximum Gasteiger partial charge on any atom is 0.121 e. The fraction of sp³-hybridized carbons (Fsp3) is 0.478. The molecule has 3 N–H and O–H groups in total. The van der Waals surface area contributed by atoms with Crippen LogP contribution in [0.5, 0.6) is 0 Å². The Morgan fingerprint density at radius 1 is 0.968 bits per heavy atom. The summed E-state index contributed by atoms with van der Waals surface area (Å²) in [4.78, 5) is 15.9. The van der Waals surface area contributed by atoms with Gasteiger partial charge in [-0.3, -0.25) is 9.88 Å². The first kappa shape index (κ1) is 25.9. The van der Waals surface area contributed by atoms with Crippen molar-refractivity contribution in [3.63, 3.8) is 0 Å². The lowest BCUT2D eigenvalue weighted by Crippen LogP contribution is -2.43. The minimum Gasteiger partial charge on any atom is -0.341 e. The van der Waals surface area contributed by atoms with E-state index in [9.17, 15) is 0 Å². The second-order valence-electron chi connectivity index (χ2n) is 8.40. The molecule has 5 rings (SSSR count). The maximum atomic E-state index is 6.21. The lowest BCUT2D eigenvalue weighted by Gasteiger charge is -2.42. The molecular weight excluding hydrogens is 453 g/mol. The van der Waals surface area contributed by atoms with E-state index >= 15 is 0 Å². The zero-order valence-electron chi connectivity index (χ0n) is 17.6. The molecule has 0 bridgehead atoms. The SMILES string of the molecule is Cl.Cl.Cl.NC1CCC(N(Cc2nc3ccccc3[nH]2)[C@H]2CCCc3cccnc32)CC1. The van der Waals surface area contributed by atoms with Gasteiger partial charge in [0, 0.05) is 18.3 Å². The molecule has 3 aromatic rings. The summed E-state index contributed by atoms with van der Waals surface area (Å²) in [5, 5.41) is 0. The van der Waals surface area contributed by atoms with Crippen molar-refractivity contribution in [1.29, 1.82) is 0 Å². The lowest BCUT2D eigenvalue weighted by molar-refractivity contribution is 0.0761. The Kier molecular flexibility index (Phi) is 9.59. The van der Waals surface area contributed by atoms with Crippen molar-refractivity contribution in [2.45, 2.75) is 69.6 Å². The van der Waals surface area contributed by atoms with E-state index in [0.717, 1.165) is 42.7 Å². The van der Waals surface area contributed by atoms with E-state index in [1.54, 1.807) is 0 Å². The quantitative estimate of drug-likeness (QED) is 0.522. The number of nitrogens with zero attached hydrogens (tertiary/aromatic N) is 3. The van der Waals surface area contributed by atoms with Crippen LogP contribution in [0.15, 0.2) is 42.6 Å². The molecule has 8 heteroatoms. The van der Waals surface area contributed by atoms with E-state index in [2.05, 4.69) is 46.3 Å². The smallest absolute Gasteiger partial charge is 0.121 e. The normalized spacial score (nSPS) is 22.7. The molecular formula is C23H32Cl3N5. The first-order valence-electron chi connectivity index (χ1n) is 10.7. The van der Waals surface area contributed by atoms with Crippen molar-refractivity contribution in [1.82, 2.24) is 19.9 Å². The monoisotopic (exact) mass is 483 g/mol. The fourth-order valence-corrected chi connectivity index (χ4v) is 5.09. The van der Waals surface area contributed by atoms with Crippen LogP contribution in [0.25, 0.3) is 11.0 Å². The third-order valence-corrected chi connectivity index (χ3v) is 6.55. The van der Waals surface area contributed by atoms with Crippen LogP contribution in [0.1, 0.15) is 61.6 Å². The van der Waals surface area contributed by atoms with Crippen LogP contribution in [-0.4, -0.2) is 31.9 Å². The van der Waals surface area contributed by atoms with Gasteiger partial charge in [-0.15, -0.1) is 37.2 Å². The topological polar surface area (TPSA) is 70.8 Å². The molecule has 2 heterocycles. The van der Waals surface area contributed by atoms with Gasteiger partial charge in [0.2, 0.25) is 0 Å². The maximum absolute atomic E-state index is 6.21. The molecule has 2 aliphatic rings. The van der Waals surface area contributed by atoms with E-state index in [1.807, 2.05) is 6.20 Å². The number of aryl methyl sites for hydroxylation is 1. The van der Waals surface area contributed by atoms with Crippen LogP contribution in [-0.2, 0) is 13.0 Å². The highest BCUT2D eigenvalue weighted by Crippen LogP contribution is 2.38. The molecule has 0 amide bonds. The summed E-state index contributed by atoms with van der Waals surface area (Å²) in [7, 11) is 0.